The van der Waals surface area contributed by atoms with Gasteiger partial charge in [0.1, 0.15) is 12.1 Å². The van der Waals surface area contributed by atoms with E-state index in [4.69, 9.17) is 0 Å². The first kappa shape index (κ1) is 13.2. The number of hydrogen-bond acceptors (Lipinski definition) is 3. The van der Waals surface area contributed by atoms with Gasteiger partial charge >= 0.3 is 0 Å². The van der Waals surface area contributed by atoms with Crippen LogP contribution in [0.2, 0.25) is 0 Å². The van der Waals surface area contributed by atoms with E-state index >= 15 is 0 Å². The number of thioether (sulfide) groups is 1. The predicted molar refractivity (Wildman–Crippen MR) is 82.6 cm³/mol. The molecule has 1 aromatic rings. The van der Waals surface area contributed by atoms with Gasteiger partial charge in [0.05, 0.1) is 11.1 Å². The zero-order valence-corrected chi connectivity index (χ0v) is 12.8. The molecule has 0 N–H and O–H groups in total. The highest BCUT2D eigenvalue weighted by Crippen LogP contribution is 2.58. The minimum Gasteiger partial charge on any atom is -0.192 e. The van der Waals surface area contributed by atoms with Crippen LogP contribution in [0.25, 0.3) is 0 Å². The fraction of sp³-hybridized carbons (Fsp3) is 0.556. The maximum absolute atomic E-state index is 9.40. The molecule has 3 heteroatoms. The standard InChI is InChI=1S/C18H18N2S/c19-9-13-2-1-3-17(16(13)10-20)21-18-14-5-11-4-12(7-14)8-15(18)6-11/h1-3,11-12,14-15,18H,4-8H2. The Kier molecular flexibility index (Phi) is 3.20. The van der Waals surface area contributed by atoms with Crippen LogP contribution in [0.1, 0.15) is 43.2 Å². The summed E-state index contributed by atoms with van der Waals surface area (Å²) in [5.74, 6) is 3.63. The van der Waals surface area contributed by atoms with Crippen molar-refractivity contribution in [2.75, 3.05) is 0 Å². The minimum atomic E-state index is 0.520. The number of benzene rings is 1. The summed E-state index contributed by atoms with van der Waals surface area (Å²) in [4.78, 5) is 1.02. The monoisotopic (exact) mass is 294 g/mol. The van der Waals surface area contributed by atoms with Gasteiger partial charge in [0.2, 0.25) is 0 Å². The summed E-state index contributed by atoms with van der Waals surface area (Å²) in [6, 6.07) is 10.1. The molecule has 4 fully saturated rings. The smallest absolute Gasteiger partial charge is 0.102 e. The quantitative estimate of drug-likeness (QED) is 0.815. The molecule has 0 heterocycles. The van der Waals surface area contributed by atoms with Crippen molar-refractivity contribution in [1.29, 1.82) is 10.5 Å². The molecule has 4 saturated carbocycles. The molecule has 106 valence electrons. The topological polar surface area (TPSA) is 47.6 Å². The van der Waals surface area contributed by atoms with E-state index in [0.717, 1.165) is 28.6 Å². The van der Waals surface area contributed by atoms with Gasteiger partial charge in [0, 0.05) is 10.1 Å². The summed E-state index contributed by atoms with van der Waals surface area (Å²) in [5, 5.41) is 19.2. The molecule has 0 amide bonds. The molecule has 0 atom stereocenters. The molecule has 0 aliphatic heterocycles. The lowest BCUT2D eigenvalue weighted by atomic mass is 9.56. The van der Waals surface area contributed by atoms with Crippen molar-refractivity contribution < 1.29 is 0 Å². The van der Waals surface area contributed by atoms with Gasteiger partial charge in [0.15, 0.2) is 0 Å². The Morgan fingerprint density at radius 3 is 2.14 bits per heavy atom. The van der Waals surface area contributed by atoms with Gasteiger partial charge in [0.25, 0.3) is 0 Å². The molecule has 21 heavy (non-hydrogen) atoms. The van der Waals surface area contributed by atoms with Gasteiger partial charge in [-0.05, 0) is 67.9 Å². The van der Waals surface area contributed by atoms with Crippen molar-refractivity contribution in [1.82, 2.24) is 0 Å². The van der Waals surface area contributed by atoms with Crippen LogP contribution >= 0.6 is 11.8 Å². The number of nitrogens with zero attached hydrogens (tertiary/aromatic N) is 2. The Bertz CT molecular complexity index is 624. The van der Waals surface area contributed by atoms with Crippen LogP contribution in [-0.2, 0) is 0 Å². The van der Waals surface area contributed by atoms with Crippen molar-refractivity contribution in [2.45, 2.75) is 42.2 Å². The van der Waals surface area contributed by atoms with Gasteiger partial charge in [-0.2, -0.15) is 10.5 Å². The lowest BCUT2D eigenvalue weighted by Crippen LogP contribution is -2.46. The van der Waals surface area contributed by atoms with E-state index in [0.29, 0.717) is 16.4 Å². The van der Waals surface area contributed by atoms with Crippen molar-refractivity contribution in [2.24, 2.45) is 23.7 Å². The molecule has 1 aromatic carbocycles. The Hall–Kier alpha value is -1.45. The van der Waals surface area contributed by atoms with Gasteiger partial charge in [-0.3, -0.25) is 0 Å². The van der Waals surface area contributed by atoms with Crippen molar-refractivity contribution in [3.8, 4) is 12.1 Å². The molecule has 0 saturated heterocycles. The Morgan fingerprint density at radius 1 is 0.905 bits per heavy atom. The molecule has 0 unspecified atom stereocenters. The molecule has 0 aromatic heterocycles. The van der Waals surface area contributed by atoms with E-state index in [9.17, 15) is 10.5 Å². The Morgan fingerprint density at radius 2 is 1.57 bits per heavy atom. The third-order valence-corrected chi connectivity index (χ3v) is 7.30. The van der Waals surface area contributed by atoms with Crippen LogP contribution in [0.3, 0.4) is 0 Å². The van der Waals surface area contributed by atoms with Crippen molar-refractivity contribution >= 4 is 11.8 Å². The van der Waals surface area contributed by atoms with Gasteiger partial charge in [-0.15, -0.1) is 11.8 Å². The van der Waals surface area contributed by atoms with Crippen LogP contribution in [0.15, 0.2) is 23.1 Å². The van der Waals surface area contributed by atoms with Crippen LogP contribution in [0.4, 0.5) is 0 Å². The van der Waals surface area contributed by atoms with Gasteiger partial charge in [-0.25, -0.2) is 0 Å². The van der Waals surface area contributed by atoms with Crippen LogP contribution < -0.4 is 0 Å². The maximum Gasteiger partial charge on any atom is 0.102 e. The average molecular weight is 294 g/mol. The Balaban J connectivity index is 1.63. The van der Waals surface area contributed by atoms with E-state index in [1.165, 1.54) is 32.1 Å². The minimum absolute atomic E-state index is 0.520. The second-order valence-electron chi connectivity index (χ2n) is 6.92. The van der Waals surface area contributed by atoms with E-state index < -0.39 is 0 Å². The van der Waals surface area contributed by atoms with E-state index in [2.05, 4.69) is 12.1 Å². The van der Waals surface area contributed by atoms with Crippen LogP contribution in [0, 0.1) is 46.3 Å². The third kappa shape index (κ3) is 2.16. The Labute approximate surface area is 130 Å². The van der Waals surface area contributed by atoms with E-state index in [-0.39, 0.29) is 0 Å². The molecule has 0 spiro atoms. The lowest BCUT2D eigenvalue weighted by Gasteiger charge is -2.54. The summed E-state index contributed by atoms with van der Waals surface area (Å²) in [7, 11) is 0. The molecule has 4 aliphatic carbocycles. The average Bonchev–Trinajstić information content (AvgIpc) is 2.49. The highest BCUT2D eigenvalue weighted by atomic mass is 32.2. The lowest BCUT2D eigenvalue weighted by molar-refractivity contribution is 0.0267. The fourth-order valence-electron chi connectivity index (χ4n) is 5.05. The fourth-order valence-corrected chi connectivity index (χ4v) is 6.61. The summed E-state index contributed by atoms with van der Waals surface area (Å²) in [5.41, 5.74) is 1.10. The predicted octanol–water partition coefficient (Wildman–Crippen LogP) is 4.35. The molecular formula is C18H18N2S. The second kappa shape index (κ2) is 5.08. The van der Waals surface area contributed by atoms with Gasteiger partial charge < -0.3 is 0 Å². The van der Waals surface area contributed by atoms with Crippen molar-refractivity contribution in [3.05, 3.63) is 29.3 Å². The highest BCUT2D eigenvalue weighted by Gasteiger charge is 2.48. The van der Waals surface area contributed by atoms with E-state index in [1.807, 2.05) is 23.9 Å². The normalized spacial score (nSPS) is 36.2. The highest BCUT2D eigenvalue weighted by molar-refractivity contribution is 8.00. The zero-order valence-electron chi connectivity index (χ0n) is 12.0. The third-order valence-electron chi connectivity index (χ3n) is 5.66. The molecule has 0 radical (unpaired) electrons. The number of hydrogen-bond donors (Lipinski definition) is 0. The largest absolute Gasteiger partial charge is 0.192 e. The molecule has 2 nitrogen and oxygen atoms in total. The summed E-state index contributed by atoms with van der Waals surface area (Å²) in [6.45, 7) is 0. The number of rotatable bonds is 2. The first-order valence-corrected chi connectivity index (χ1v) is 8.76. The van der Waals surface area contributed by atoms with Crippen molar-refractivity contribution in [3.63, 3.8) is 0 Å². The molecule has 4 bridgehead atoms. The first-order chi connectivity index (χ1) is 10.3. The van der Waals surface area contributed by atoms with Crippen LogP contribution in [0.5, 0.6) is 0 Å². The molecule has 5 rings (SSSR count). The first-order valence-electron chi connectivity index (χ1n) is 7.88. The van der Waals surface area contributed by atoms with Crippen LogP contribution in [-0.4, -0.2) is 5.25 Å². The summed E-state index contributed by atoms with van der Waals surface area (Å²) in [6.07, 6.45) is 7.04. The molecular weight excluding hydrogens is 276 g/mol. The summed E-state index contributed by atoms with van der Waals surface area (Å²) >= 11 is 1.89. The summed E-state index contributed by atoms with van der Waals surface area (Å²) < 4.78 is 0. The zero-order chi connectivity index (χ0) is 14.4. The molecule has 4 aliphatic rings. The maximum atomic E-state index is 9.40. The SMILES string of the molecule is N#Cc1cccc(SC2C3CC4CC(C3)CC2C4)c1C#N. The number of nitriles is 2. The second-order valence-corrected chi connectivity index (χ2v) is 8.14. The van der Waals surface area contributed by atoms with E-state index in [1.54, 1.807) is 6.07 Å². The van der Waals surface area contributed by atoms with Gasteiger partial charge in [-0.1, -0.05) is 6.07 Å².